The van der Waals surface area contributed by atoms with Gasteiger partial charge in [-0.2, -0.15) is 4.99 Å². The zero-order chi connectivity index (χ0) is 27.7. The van der Waals surface area contributed by atoms with Crippen molar-refractivity contribution in [2.75, 3.05) is 24.7 Å². The average Bonchev–Trinajstić information content (AvgIpc) is 3.23. The van der Waals surface area contributed by atoms with Crippen LogP contribution in [0, 0.1) is 0 Å². The van der Waals surface area contributed by atoms with Crippen molar-refractivity contribution in [1.29, 1.82) is 0 Å². The summed E-state index contributed by atoms with van der Waals surface area (Å²) in [7, 11) is -4.67. The summed E-state index contributed by atoms with van der Waals surface area (Å²) in [6, 6.07) is 18.3. The molecule has 10 nitrogen and oxygen atoms in total. The van der Waals surface area contributed by atoms with Crippen molar-refractivity contribution in [3.8, 4) is 0 Å². The predicted octanol–water partition coefficient (Wildman–Crippen LogP) is 2.85. The number of para-hydroxylation sites is 1. The van der Waals surface area contributed by atoms with E-state index < -0.39 is 31.7 Å². The Morgan fingerprint density at radius 2 is 1.58 bits per heavy atom. The molecule has 13 heteroatoms. The van der Waals surface area contributed by atoms with Crippen molar-refractivity contribution in [2.45, 2.75) is 16.3 Å². The molecule has 1 amide bonds. The number of thiazole rings is 1. The number of aromatic nitrogens is 1. The van der Waals surface area contributed by atoms with Crippen molar-refractivity contribution in [3.05, 3.63) is 83.2 Å². The first-order chi connectivity index (χ1) is 17.9. The minimum atomic E-state index is -3.86. The van der Waals surface area contributed by atoms with Crippen molar-refractivity contribution in [3.63, 3.8) is 0 Å². The average molecular weight is 574 g/mol. The van der Waals surface area contributed by atoms with Gasteiger partial charge in [0, 0.05) is 18.9 Å². The second kappa shape index (κ2) is 10.5. The molecule has 3 aromatic carbocycles. The van der Waals surface area contributed by atoms with Crippen molar-refractivity contribution in [2.24, 2.45) is 4.99 Å². The number of benzene rings is 3. The van der Waals surface area contributed by atoms with Gasteiger partial charge in [0.15, 0.2) is 14.6 Å². The summed E-state index contributed by atoms with van der Waals surface area (Å²) in [5.74, 6) is -1.25. The van der Waals surface area contributed by atoms with E-state index in [9.17, 15) is 26.4 Å². The third kappa shape index (κ3) is 5.54. The number of sulfone groups is 1. The van der Waals surface area contributed by atoms with Gasteiger partial charge in [-0.15, -0.1) is 0 Å². The number of sulfonamides is 1. The number of nitrogens with zero attached hydrogens (tertiary/aromatic N) is 3. The lowest BCUT2D eigenvalue weighted by atomic mass is 10.2. The van der Waals surface area contributed by atoms with E-state index >= 15 is 0 Å². The smallest absolute Gasteiger partial charge is 0.325 e. The molecule has 0 atom stereocenters. The van der Waals surface area contributed by atoms with Gasteiger partial charge in [-0.05, 0) is 54.6 Å². The Kier molecular flexibility index (Phi) is 7.54. The molecule has 0 bridgehead atoms. The first kappa shape index (κ1) is 27.2. The van der Waals surface area contributed by atoms with Crippen molar-refractivity contribution >= 4 is 59.0 Å². The predicted molar refractivity (Wildman–Crippen MR) is 143 cm³/mol. The third-order valence-corrected chi connectivity index (χ3v) is 9.63. The highest BCUT2D eigenvalue weighted by Gasteiger charge is 2.22. The van der Waals surface area contributed by atoms with Crippen LogP contribution in [0.15, 0.2) is 87.6 Å². The van der Waals surface area contributed by atoms with E-state index in [2.05, 4.69) is 4.99 Å². The van der Waals surface area contributed by atoms with Crippen LogP contribution < -0.4 is 9.11 Å². The molecular weight excluding hydrogens is 550 g/mol. The van der Waals surface area contributed by atoms with E-state index in [4.69, 9.17) is 4.74 Å². The molecule has 0 N–H and O–H groups in total. The van der Waals surface area contributed by atoms with E-state index in [1.54, 1.807) is 30.3 Å². The fourth-order valence-corrected chi connectivity index (χ4v) is 6.56. The summed E-state index contributed by atoms with van der Waals surface area (Å²) in [4.78, 5) is 29.4. The topological polar surface area (TPSA) is 132 Å². The van der Waals surface area contributed by atoms with Gasteiger partial charge in [0.05, 0.1) is 32.8 Å². The molecule has 1 aromatic heterocycles. The van der Waals surface area contributed by atoms with E-state index in [1.807, 2.05) is 0 Å². The fourth-order valence-electron chi connectivity index (χ4n) is 3.57. The van der Waals surface area contributed by atoms with Crippen LogP contribution in [-0.4, -0.2) is 53.7 Å². The molecule has 4 aromatic rings. The van der Waals surface area contributed by atoms with Crippen LogP contribution in [0.4, 0.5) is 5.69 Å². The molecule has 4 rings (SSSR count). The third-order valence-electron chi connectivity index (χ3n) is 5.67. The molecule has 0 unspecified atom stereocenters. The van der Waals surface area contributed by atoms with E-state index in [-0.39, 0.29) is 26.7 Å². The number of esters is 1. The number of methoxy groups -OCH3 is 1. The second-order valence-corrected chi connectivity index (χ2v) is 13.2. The Hall–Kier alpha value is -3.81. The van der Waals surface area contributed by atoms with Crippen LogP contribution in [0.25, 0.3) is 10.2 Å². The minimum Gasteiger partial charge on any atom is -0.468 e. The maximum absolute atomic E-state index is 13.0. The minimum absolute atomic E-state index is 0.00340. The second-order valence-electron chi connectivity index (χ2n) is 8.20. The number of carbonyl (C=O) groups is 2. The largest absolute Gasteiger partial charge is 0.468 e. The Balaban J connectivity index is 1.71. The molecule has 38 heavy (non-hydrogen) atoms. The molecule has 198 valence electrons. The summed E-state index contributed by atoms with van der Waals surface area (Å²) in [6.45, 7) is -0.246. The Morgan fingerprint density at radius 3 is 2.18 bits per heavy atom. The number of fused-ring (bicyclic) bond motifs is 1. The Labute approximate surface area is 223 Å². The van der Waals surface area contributed by atoms with E-state index in [0.717, 1.165) is 21.9 Å². The highest BCUT2D eigenvalue weighted by atomic mass is 32.2. The summed E-state index contributed by atoms with van der Waals surface area (Å²) in [5, 5.41) is 0. The molecule has 0 aliphatic heterocycles. The number of hydrogen-bond acceptors (Lipinski definition) is 8. The number of amides is 1. The van der Waals surface area contributed by atoms with Gasteiger partial charge in [0.1, 0.15) is 6.54 Å². The molecule has 0 spiro atoms. The maximum atomic E-state index is 13.0. The number of ether oxygens (including phenoxy) is 1. The molecule has 0 aliphatic carbocycles. The van der Waals surface area contributed by atoms with Crippen LogP contribution in [0.2, 0.25) is 0 Å². The Morgan fingerprint density at radius 1 is 0.947 bits per heavy atom. The highest BCUT2D eigenvalue weighted by Crippen LogP contribution is 2.24. The van der Waals surface area contributed by atoms with Crippen LogP contribution in [0.3, 0.4) is 0 Å². The molecule has 0 saturated carbocycles. The quantitative estimate of drug-likeness (QED) is 0.311. The number of carbonyl (C=O) groups excluding carboxylic acids is 2. The molecule has 0 saturated heterocycles. The summed E-state index contributed by atoms with van der Waals surface area (Å²) >= 11 is 1.04. The summed E-state index contributed by atoms with van der Waals surface area (Å²) in [5.41, 5.74) is 1.12. The Bertz CT molecular complexity index is 1810. The van der Waals surface area contributed by atoms with Crippen LogP contribution in [0.5, 0.6) is 0 Å². The number of anilines is 1. The van der Waals surface area contributed by atoms with Gasteiger partial charge in [-0.25, -0.2) is 16.8 Å². The normalized spacial score (nSPS) is 12.4. The van der Waals surface area contributed by atoms with Crippen LogP contribution >= 0.6 is 11.3 Å². The van der Waals surface area contributed by atoms with Gasteiger partial charge in [-0.1, -0.05) is 29.5 Å². The fraction of sp³-hybridized carbons (Fsp3) is 0.160. The highest BCUT2D eigenvalue weighted by molar-refractivity contribution is 7.92. The van der Waals surface area contributed by atoms with E-state index in [0.29, 0.717) is 15.9 Å². The monoisotopic (exact) mass is 573 g/mol. The molecule has 0 radical (unpaired) electrons. The van der Waals surface area contributed by atoms with Gasteiger partial charge >= 0.3 is 5.97 Å². The SMILES string of the molecule is COC(=O)Cn1c(=NC(=O)c2ccc(S(=O)(=O)N(C)c3ccccc3)cc2)sc2cc(S(C)(=O)=O)ccc21. The van der Waals surface area contributed by atoms with Gasteiger partial charge in [0.2, 0.25) is 0 Å². The first-order valence-corrected chi connectivity index (χ1v) is 15.2. The zero-order valence-corrected chi connectivity index (χ0v) is 23.0. The zero-order valence-electron chi connectivity index (χ0n) is 20.6. The van der Waals surface area contributed by atoms with Crippen LogP contribution in [0.1, 0.15) is 10.4 Å². The number of rotatable bonds is 7. The van der Waals surface area contributed by atoms with Crippen molar-refractivity contribution < 1.29 is 31.2 Å². The lowest BCUT2D eigenvalue weighted by Gasteiger charge is -2.19. The summed E-state index contributed by atoms with van der Waals surface area (Å²) in [6.07, 6.45) is 1.08. The molecule has 0 aliphatic rings. The van der Waals surface area contributed by atoms with Crippen molar-refractivity contribution in [1.82, 2.24) is 4.57 Å². The van der Waals surface area contributed by atoms with Crippen LogP contribution in [-0.2, 0) is 35.9 Å². The molecular formula is C25H23N3O7S3. The van der Waals surface area contributed by atoms with Gasteiger partial charge in [0.25, 0.3) is 15.9 Å². The maximum Gasteiger partial charge on any atom is 0.325 e. The number of hydrogen-bond donors (Lipinski definition) is 0. The molecule has 0 fully saturated rings. The standard InChI is InChI=1S/C25H23N3O7S3/c1-27(18-7-5-4-6-8-18)38(33,34)19-11-9-17(10-12-19)24(30)26-25-28(16-23(29)35-2)21-14-13-20(37(3,31)32)15-22(21)36-25/h4-15H,16H2,1-3H3. The van der Waals surface area contributed by atoms with E-state index in [1.165, 1.54) is 61.2 Å². The van der Waals surface area contributed by atoms with Gasteiger partial charge < -0.3 is 9.30 Å². The lowest BCUT2D eigenvalue weighted by molar-refractivity contribution is -0.141. The summed E-state index contributed by atoms with van der Waals surface area (Å²) < 4.78 is 57.8. The van der Waals surface area contributed by atoms with Gasteiger partial charge in [-0.3, -0.25) is 13.9 Å². The molecule has 1 heterocycles. The lowest BCUT2D eigenvalue weighted by Crippen LogP contribution is -2.26. The first-order valence-electron chi connectivity index (χ1n) is 11.0.